The molecule has 2 aromatic rings. The van der Waals surface area contributed by atoms with Crippen LogP contribution in [0, 0.1) is 0 Å². The molecule has 13 nitrogen and oxygen atoms in total. The zero-order valence-electron chi connectivity index (χ0n) is 22.9. The van der Waals surface area contributed by atoms with E-state index in [-0.39, 0.29) is 38.2 Å². The van der Waals surface area contributed by atoms with Crippen molar-refractivity contribution in [2.75, 3.05) is 6.54 Å². The summed E-state index contributed by atoms with van der Waals surface area (Å²) in [5.41, 5.74) is 18.2. The molecule has 0 radical (unpaired) electrons. The van der Waals surface area contributed by atoms with Crippen molar-refractivity contribution in [3.05, 3.63) is 71.8 Å². The molecule has 0 aliphatic heterocycles. The molecule has 0 aromatic heterocycles. The Labute approximate surface area is 238 Å². The maximum absolute atomic E-state index is 13.2. The first kappa shape index (κ1) is 32.7. The highest BCUT2D eigenvalue weighted by Crippen LogP contribution is 2.07. The number of carbonyl (C=O) groups is 4. The van der Waals surface area contributed by atoms with Crippen LogP contribution in [0.1, 0.15) is 30.9 Å². The first-order chi connectivity index (χ1) is 19.5. The number of aliphatic hydroxyl groups is 1. The zero-order chi connectivity index (χ0) is 30.4. The van der Waals surface area contributed by atoms with Crippen LogP contribution in [0.4, 0.5) is 0 Å². The van der Waals surface area contributed by atoms with Crippen LogP contribution < -0.4 is 33.2 Å². The Hall–Kier alpha value is -4.49. The van der Waals surface area contributed by atoms with E-state index in [4.69, 9.17) is 17.2 Å². The number of aliphatic hydroxyl groups excluding tert-OH is 1. The molecule has 0 bridgehead atoms. The molecule has 0 aliphatic rings. The van der Waals surface area contributed by atoms with Gasteiger partial charge in [0.05, 0.1) is 12.1 Å². The second kappa shape index (κ2) is 16.6. The third kappa shape index (κ3) is 11.6. The van der Waals surface area contributed by atoms with Gasteiger partial charge in [-0.3, -0.25) is 19.4 Å². The number of hydrogen-bond acceptors (Lipinski definition) is 7. The van der Waals surface area contributed by atoms with E-state index < -0.39 is 54.0 Å². The highest BCUT2D eigenvalue weighted by molar-refractivity contribution is 5.94. The molecule has 0 spiro atoms. The van der Waals surface area contributed by atoms with Crippen LogP contribution in [0.2, 0.25) is 0 Å². The predicted molar refractivity (Wildman–Crippen MR) is 153 cm³/mol. The molecular weight excluding hydrogens is 530 g/mol. The van der Waals surface area contributed by atoms with Gasteiger partial charge in [-0.2, -0.15) is 0 Å². The van der Waals surface area contributed by atoms with Crippen molar-refractivity contribution in [3.8, 4) is 0 Å². The molecule has 0 fully saturated rings. The number of carbonyl (C=O) groups excluding carboxylic acids is 3. The van der Waals surface area contributed by atoms with E-state index in [1.807, 2.05) is 6.07 Å². The summed E-state index contributed by atoms with van der Waals surface area (Å²) in [7, 11) is 0. The van der Waals surface area contributed by atoms with Gasteiger partial charge in [0.25, 0.3) is 0 Å². The minimum Gasteiger partial charge on any atom is -0.480 e. The van der Waals surface area contributed by atoms with E-state index in [2.05, 4.69) is 20.9 Å². The van der Waals surface area contributed by atoms with Crippen molar-refractivity contribution in [2.24, 2.45) is 22.2 Å². The van der Waals surface area contributed by atoms with Gasteiger partial charge in [0.2, 0.25) is 17.7 Å². The topological polar surface area (TPSA) is 235 Å². The maximum atomic E-state index is 13.2. The second-order valence-electron chi connectivity index (χ2n) is 9.62. The van der Waals surface area contributed by atoms with Gasteiger partial charge < -0.3 is 43.4 Å². The third-order valence-corrected chi connectivity index (χ3v) is 6.17. The highest BCUT2D eigenvalue weighted by Gasteiger charge is 2.32. The Balaban J connectivity index is 2.14. The number of benzene rings is 2. The molecule has 13 heteroatoms. The Morgan fingerprint density at radius 1 is 0.805 bits per heavy atom. The Morgan fingerprint density at radius 3 is 1.85 bits per heavy atom. The van der Waals surface area contributed by atoms with E-state index >= 15 is 0 Å². The quantitative estimate of drug-likeness (QED) is 0.0685. The molecule has 0 heterocycles. The van der Waals surface area contributed by atoms with Gasteiger partial charge in [-0.25, -0.2) is 4.79 Å². The summed E-state index contributed by atoms with van der Waals surface area (Å²) in [4.78, 5) is 54.9. The Kier molecular flexibility index (Phi) is 13.2. The van der Waals surface area contributed by atoms with Crippen molar-refractivity contribution in [1.29, 1.82) is 0 Å². The average Bonchev–Trinajstić information content (AvgIpc) is 2.93. The highest BCUT2D eigenvalue weighted by atomic mass is 16.4. The molecule has 2 aromatic carbocycles. The maximum Gasteiger partial charge on any atom is 0.326 e. The van der Waals surface area contributed by atoms with Gasteiger partial charge in [0.15, 0.2) is 5.96 Å². The van der Waals surface area contributed by atoms with E-state index in [1.165, 1.54) is 6.92 Å². The lowest BCUT2D eigenvalue weighted by Gasteiger charge is -2.26. The number of nitrogens with two attached hydrogens (primary N) is 3. The summed E-state index contributed by atoms with van der Waals surface area (Å²) < 4.78 is 0. The molecule has 2 rings (SSSR count). The van der Waals surface area contributed by atoms with Crippen LogP contribution in [-0.4, -0.2) is 76.7 Å². The molecule has 0 saturated heterocycles. The molecule has 5 unspecified atom stereocenters. The van der Waals surface area contributed by atoms with Crippen molar-refractivity contribution in [3.63, 3.8) is 0 Å². The molecule has 0 saturated carbocycles. The lowest BCUT2D eigenvalue weighted by atomic mass is 10.0. The largest absolute Gasteiger partial charge is 0.480 e. The van der Waals surface area contributed by atoms with Gasteiger partial charge >= 0.3 is 5.97 Å². The number of rotatable bonds is 16. The van der Waals surface area contributed by atoms with Gasteiger partial charge in [0, 0.05) is 13.0 Å². The zero-order valence-corrected chi connectivity index (χ0v) is 22.9. The molecular formula is C28H39N7O6. The van der Waals surface area contributed by atoms with Crippen molar-refractivity contribution < 1.29 is 29.4 Å². The summed E-state index contributed by atoms with van der Waals surface area (Å²) in [5, 5.41) is 27.4. The summed E-state index contributed by atoms with van der Waals surface area (Å²) in [6.45, 7) is 1.46. The summed E-state index contributed by atoms with van der Waals surface area (Å²) >= 11 is 0. The third-order valence-electron chi connectivity index (χ3n) is 6.17. The number of amides is 3. The molecule has 3 amide bonds. The van der Waals surface area contributed by atoms with Crippen molar-refractivity contribution in [2.45, 2.75) is 62.9 Å². The van der Waals surface area contributed by atoms with E-state index in [0.717, 1.165) is 5.56 Å². The number of carboxylic acid groups (broad SMARTS) is 1. The van der Waals surface area contributed by atoms with Crippen LogP contribution >= 0.6 is 0 Å². The van der Waals surface area contributed by atoms with Crippen LogP contribution in [0.15, 0.2) is 65.7 Å². The first-order valence-corrected chi connectivity index (χ1v) is 13.2. The lowest BCUT2D eigenvalue weighted by Crippen LogP contribution is -2.60. The van der Waals surface area contributed by atoms with Gasteiger partial charge in [-0.05, 0) is 37.3 Å². The minimum atomic E-state index is -1.43. The van der Waals surface area contributed by atoms with Gasteiger partial charge in [-0.15, -0.1) is 0 Å². The molecule has 222 valence electrons. The van der Waals surface area contributed by atoms with Crippen LogP contribution in [0.3, 0.4) is 0 Å². The number of hydrogen-bond donors (Lipinski definition) is 8. The van der Waals surface area contributed by atoms with Crippen LogP contribution in [-0.2, 0) is 32.0 Å². The number of aliphatic carboxylic acids is 1. The summed E-state index contributed by atoms with van der Waals surface area (Å²) in [6, 6.07) is 12.9. The lowest BCUT2D eigenvalue weighted by molar-refractivity contribution is -0.142. The summed E-state index contributed by atoms with van der Waals surface area (Å²) in [5.74, 6) is -3.68. The SMILES string of the molecule is CC(O)C(NC(=O)C(N)Cc1ccccc1)C(=O)NC(CCCN=C(N)N)C(=O)NC(Cc1ccccc1)C(=O)O. The number of carboxylic acids is 1. The Morgan fingerprint density at radius 2 is 1.34 bits per heavy atom. The molecule has 41 heavy (non-hydrogen) atoms. The number of guanidine groups is 1. The van der Waals surface area contributed by atoms with Crippen molar-refractivity contribution in [1.82, 2.24) is 16.0 Å². The normalized spacial score (nSPS) is 14.4. The number of aliphatic imine (C=N–C) groups is 1. The second-order valence-corrected chi connectivity index (χ2v) is 9.62. The van der Waals surface area contributed by atoms with Crippen LogP contribution in [0.5, 0.6) is 0 Å². The van der Waals surface area contributed by atoms with E-state index in [1.54, 1.807) is 54.6 Å². The van der Waals surface area contributed by atoms with E-state index in [0.29, 0.717) is 5.56 Å². The number of nitrogens with zero attached hydrogens (tertiary/aromatic N) is 1. The van der Waals surface area contributed by atoms with E-state index in [9.17, 15) is 29.4 Å². The monoisotopic (exact) mass is 569 g/mol. The van der Waals surface area contributed by atoms with Crippen LogP contribution in [0.25, 0.3) is 0 Å². The minimum absolute atomic E-state index is 0.0161. The fourth-order valence-corrected chi connectivity index (χ4v) is 3.98. The Bertz CT molecular complexity index is 1170. The smallest absolute Gasteiger partial charge is 0.326 e. The van der Waals surface area contributed by atoms with Gasteiger partial charge in [-0.1, -0.05) is 60.7 Å². The number of nitrogens with one attached hydrogen (secondary N) is 3. The van der Waals surface area contributed by atoms with Gasteiger partial charge in [0.1, 0.15) is 18.1 Å². The fourth-order valence-electron chi connectivity index (χ4n) is 3.98. The summed E-state index contributed by atoms with van der Waals surface area (Å²) in [6.07, 6.45) is -0.810. The predicted octanol–water partition coefficient (Wildman–Crippen LogP) is -1.23. The first-order valence-electron chi connectivity index (χ1n) is 13.2. The molecule has 0 aliphatic carbocycles. The molecule has 11 N–H and O–H groups in total. The standard InChI is InChI=1S/C28H39N7O6/c1-17(36)23(35-24(37)20(29)15-18-9-4-2-5-10-18)26(39)33-21(13-8-14-32-28(30)31)25(38)34-22(27(40)41)16-19-11-6-3-7-12-19/h2-7,9-12,17,20-23,36H,8,13-16,29H2,1H3,(H,33,39)(H,34,38)(H,35,37)(H,40,41)(H4,30,31,32). The molecule has 5 atom stereocenters. The van der Waals surface area contributed by atoms with Crippen molar-refractivity contribution >= 4 is 29.7 Å². The average molecular weight is 570 g/mol. The fraction of sp³-hybridized carbons (Fsp3) is 0.393.